The highest BCUT2D eigenvalue weighted by atomic mass is 32.2. The number of nitrogens with one attached hydrogen (secondary N) is 1. The van der Waals surface area contributed by atoms with Crippen LogP contribution >= 0.6 is 0 Å². The van der Waals surface area contributed by atoms with Crippen LogP contribution in [0.5, 0.6) is 0 Å². The lowest BCUT2D eigenvalue weighted by Crippen LogP contribution is -2.50. The molecule has 8 heteroatoms. The predicted octanol–water partition coefficient (Wildman–Crippen LogP) is 6.31. The van der Waals surface area contributed by atoms with Crippen molar-refractivity contribution in [2.75, 3.05) is 5.75 Å². The molecule has 7 nitrogen and oxygen atoms in total. The standard InChI is InChI=1S/C28H57NO6S/c1-3-5-7-9-11-13-15-16-18-20-22-26(30)25(24-36(33,34)35)29-28(32)27(31)23-21-19-17-14-12-10-8-6-4-2/h25-27,30-31H,3-24H2,1-2H3,(H,29,32)(H,33,34,35). The van der Waals surface area contributed by atoms with Crippen LogP contribution < -0.4 is 5.32 Å². The van der Waals surface area contributed by atoms with Gasteiger partial charge in [0.05, 0.1) is 17.9 Å². The molecule has 216 valence electrons. The lowest BCUT2D eigenvalue weighted by molar-refractivity contribution is -0.131. The molecule has 0 aromatic heterocycles. The second-order valence-electron chi connectivity index (χ2n) is 10.5. The summed E-state index contributed by atoms with van der Waals surface area (Å²) >= 11 is 0. The van der Waals surface area contributed by atoms with Gasteiger partial charge in [-0.1, -0.05) is 136 Å². The summed E-state index contributed by atoms with van der Waals surface area (Å²) in [5.74, 6) is -1.45. The monoisotopic (exact) mass is 535 g/mol. The summed E-state index contributed by atoms with van der Waals surface area (Å²) in [5.41, 5.74) is 0. The summed E-state index contributed by atoms with van der Waals surface area (Å²) in [6, 6.07) is -1.14. The molecule has 3 atom stereocenters. The van der Waals surface area contributed by atoms with Crippen molar-refractivity contribution in [1.29, 1.82) is 0 Å². The number of rotatable bonds is 26. The molecule has 36 heavy (non-hydrogen) atoms. The number of aliphatic hydroxyl groups is 2. The summed E-state index contributed by atoms with van der Waals surface area (Å²) < 4.78 is 32.1. The molecule has 0 spiro atoms. The SMILES string of the molecule is CCCCCCCCCCCCC(O)C(CS(=O)(=O)O)NC(=O)C(O)CCCCCCCCCCC. The van der Waals surface area contributed by atoms with Gasteiger partial charge < -0.3 is 15.5 Å². The Morgan fingerprint density at radius 2 is 1.00 bits per heavy atom. The molecule has 0 aliphatic rings. The lowest BCUT2D eigenvalue weighted by atomic mass is 10.0. The molecule has 1 amide bonds. The maximum atomic E-state index is 12.4. The van der Waals surface area contributed by atoms with E-state index in [2.05, 4.69) is 19.2 Å². The van der Waals surface area contributed by atoms with Crippen LogP contribution in [0.2, 0.25) is 0 Å². The highest BCUT2D eigenvalue weighted by Crippen LogP contribution is 2.15. The van der Waals surface area contributed by atoms with E-state index in [1.807, 2.05) is 0 Å². The Morgan fingerprint density at radius 1 is 0.639 bits per heavy atom. The number of aliphatic hydroxyl groups excluding tert-OH is 2. The molecule has 0 aromatic rings. The first-order chi connectivity index (χ1) is 17.2. The van der Waals surface area contributed by atoms with Crippen LogP contribution in [0.15, 0.2) is 0 Å². The van der Waals surface area contributed by atoms with E-state index in [9.17, 15) is 28.0 Å². The number of hydrogen-bond donors (Lipinski definition) is 4. The van der Waals surface area contributed by atoms with Crippen molar-refractivity contribution in [3.8, 4) is 0 Å². The molecule has 3 unspecified atom stereocenters. The van der Waals surface area contributed by atoms with E-state index < -0.39 is 40.0 Å². The van der Waals surface area contributed by atoms with Gasteiger partial charge in [0.2, 0.25) is 5.91 Å². The Kier molecular flexibility index (Phi) is 23.0. The molecule has 0 aromatic carbocycles. The average Bonchev–Trinajstić information content (AvgIpc) is 2.82. The molecule has 0 saturated carbocycles. The van der Waals surface area contributed by atoms with Crippen LogP contribution in [0.1, 0.15) is 149 Å². The largest absolute Gasteiger partial charge is 0.391 e. The minimum Gasteiger partial charge on any atom is -0.391 e. The van der Waals surface area contributed by atoms with Gasteiger partial charge in [0.15, 0.2) is 0 Å². The number of hydrogen-bond acceptors (Lipinski definition) is 5. The van der Waals surface area contributed by atoms with E-state index in [1.165, 1.54) is 70.6 Å². The van der Waals surface area contributed by atoms with Crippen molar-refractivity contribution in [3.05, 3.63) is 0 Å². The highest BCUT2D eigenvalue weighted by Gasteiger charge is 2.28. The van der Waals surface area contributed by atoms with Crippen LogP contribution in [-0.4, -0.2) is 53.1 Å². The second kappa shape index (κ2) is 23.4. The van der Waals surface area contributed by atoms with Crippen molar-refractivity contribution in [2.24, 2.45) is 0 Å². The zero-order valence-electron chi connectivity index (χ0n) is 23.3. The highest BCUT2D eigenvalue weighted by molar-refractivity contribution is 7.85. The quantitative estimate of drug-likeness (QED) is 0.0760. The van der Waals surface area contributed by atoms with E-state index in [0.717, 1.165) is 44.9 Å². The number of carbonyl (C=O) groups is 1. The first-order valence-electron chi connectivity index (χ1n) is 14.8. The molecule has 0 fully saturated rings. The van der Waals surface area contributed by atoms with Crippen LogP contribution in [0, 0.1) is 0 Å². The van der Waals surface area contributed by atoms with E-state index in [0.29, 0.717) is 19.3 Å². The van der Waals surface area contributed by atoms with Crippen LogP contribution in [0.25, 0.3) is 0 Å². The molecular weight excluding hydrogens is 478 g/mol. The van der Waals surface area contributed by atoms with E-state index in [1.54, 1.807) is 0 Å². The number of amides is 1. The van der Waals surface area contributed by atoms with Crippen molar-refractivity contribution in [1.82, 2.24) is 5.32 Å². The minimum absolute atomic E-state index is 0.300. The van der Waals surface area contributed by atoms with Gasteiger partial charge in [-0.2, -0.15) is 8.42 Å². The van der Waals surface area contributed by atoms with Gasteiger partial charge in [0.25, 0.3) is 10.1 Å². The third kappa shape index (κ3) is 22.5. The van der Waals surface area contributed by atoms with Crippen LogP contribution in [-0.2, 0) is 14.9 Å². The Bertz CT molecular complexity index is 613. The van der Waals surface area contributed by atoms with Crippen molar-refractivity contribution in [3.63, 3.8) is 0 Å². The normalized spacial score (nSPS) is 14.5. The molecule has 4 N–H and O–H groups in total. The summed E-state index contributed by atoms with van der Waals surface area (Å²) in [7, 11) is -4.38. The smallest absolute Gasteiger partial charge is 0.266 e. The Hall–Kier alpha value is -0.700. The zero-order chi connectivity index (χ0) is 27.1. The minimum atomic E-state index is -4.38. The van der Waals surface area contributed by atoms with Crippen molar-refractivity contribution < 1.29 is 28.0 Å². The average molecular weight is 536 g/mol. The zero-order valence-corrected chi connectivity index (χ0v) is 24.1. The fourth-order valence-electron chi connectivity index (χ4n) is 4.58. The maximum Gasteiger partial charge on any atom is 0.266 e. The Morgan fingerprint density at radius 3 is 1.39 bits per heavy atom. The first kappa shape index (κ1) is 35.3. The van der Waals surface area contributed by atoms with E-state index in [-0.39, 0.29) is 0 Å². The summed E-state index contributed by atoms with van der Waals surface area (Å²) in [6.07, 6.45) is 19.9. The summed E-state index contributed by atoms with van der Waals surface area (Å²) in [6.45, 7) is 4.41. The van der Waals surface area contributed by atoms with Crippen LogP contribution in [0.3, 0.4) is 0 Å². The summed E-state index contributed by atoms with van der Waals surface area (Å²) in [5, 5.41) is 23.2. The first-order valence-corrected chi connectivity index (χ1v) is 16.4. The van der Waals surface area contributed by atoms with Gasteiger partial charge in [-0.15, -0.1) is 0 Å². The molecule has 0 bridgehead atoms. The van der Waals surface area contributed by atoms with E-state index >= 15 is 0 Å². The molecule has 0 aliphatic heterocycles. The molecule has 0 rings (SSSR count). The summed E-state index contributed by atoms with van der Waals surface area (Å²) in [4.78, 5) is 12.4. The fraction of sp³-hybridized carbons (Fsp3) is 0.964. The van der Waals surface area contributed by atoms with Gasteiger partial charge in [-0.05, 0) is 12.8 Å². The second-order valence-corrected chi connectivity index (χ2v) is 12.0. The molecule has 0 aliphatic carbocycles. The van der Waals surface area contributed by atoms with Gasteiger partial charge in [-0.25, -0.2) is 0 Å². The number of unbranched alkanes of at least 4 members (excludes halogenated alkanes) is 17. The molecule has 0 radical (unpaired) electrons. The predicted molar refractivity (Wildman–Crippen MR) is 149 cm³/mol. The lowest BCUT2D eigenvalue weighted by Gasteiger charge is -2.24. The topological polar surface area (TPSA) is 124 Å². The third-order valence-electron chi connectivity index (χ3n) is 6.92. The number of carbonyl (C=O) groups excluding carboxylic acids is 1. The van der Waals surface area contributed by atoms with Gasteiger partial charge >= 0.3 is 0 Å². The van der Waals surface area contributed by atoms with Gasteiger partial charge in [0, 0.05) is 0 Å². The molecular formula is C28H57NO6S. The van der Waals surface area contributed by atoms with Crippen molar-refractivity contribution in [2.45, 2.75) is 167 Å². The van der Waals surface area contributed by atoms with E-state index in [4.69, 9.17) is 0 Å². The molecule has 0 heterocycles. The Balaban J connectivity index is 4.21. The van der Waals surface area contributed by atoms with Crippen molar-refractivity contribution >= 4 is 16.0 Å². The van der Waals surface area contributed by atoms with Gasteiger partial charge in [-0.3, -0.25) is 9.35 Å². The molecule has 0 saturated heterocycles. The van der Waals surface area contributed by atoms with Crippen LogP contribution in [0.4, 0.5) is 0 Å². The Labute approximate surface area is 222 Å². The fourth-order valence-corrected chi connectivity index (χ4v) is 5.34. The maximum absolute atomic E-state index is 12.4. The third-order valence-corrected chi connectivity index (χ3v) is 7.70. The van der Waals surface area contributed by atoms with Gasteiger partial charge in [0.1, 0.15) is 6.10 Å².